The van der Waals surface area contributed by atoms with Gasteiger partial charge in [0.2, 0.25) is 15.9 Å². The zero-order valence-corrected chi connectivity index (χ0v) is 16.2. The number of hydrogen-bond acceptors (Lipinski definition) is 5. The highest BCUT2D eigenvalue weighted by Gasteiger charge is 2.18. The van der Waals surface area contributed by atoms with Crippen LogP contribution in [0.1, 0.15) is 12.0 Å². The SMILES string of the molecule is CS(=O)(=O)N(CCC(=O)NCCN1CCOCC1)CCc1ccccc1. The highest BCUT2D eigenvalue weighted by molar-refractivity contribution is 7.88. The topological polar surface area (TPSA) is 79.0 Å². The molecule has 1 saturated heterocycles. The fourth-order valence-electron chi connectivity index (χ4n) is 2.83. The molecule has 0 unspecified atom stereocenters. The first kappa shape index (κ1) is 20.8. The maximum Gasteiger partial charge on any atom is 0.221 e. The molecule has 26 heavy (non-hydrogen) atoms. The summed E-state index contributed by atoms with van der Waals surface area (Å²) in [4.78, 5) is 14.3. The van der Waals surface area contributed by atoms with Crippen molar-refractivity contribution in [1.82, 2.24) is 14.5 Å². The number of carbonyl (C=O) groups excluding carboxylic acids is 1. The van der Waals surface area contributed by atoms with E-state index in [1.807, 2.05) is 30.3 Å². The third kappa shape index (κ3) is 7.82. The molecule has 0 radical (unpaired) electrons. The summed E-state index contributed by atoms with van der Waals surface area (Å²) in [6, 6.07) is 9.74. The first-order valence-corrected chi connectivity index (χ1v) is 10.9. The zero-order valence-electron chi connectivity index (χ0n) is 15.4. The zero-order chi connectivity index (χ0) is 18.8. The van der Waals surface area contributed by atoms with Crippen LogP contribution in [0.3, 0.4) is 0 Å². The number of carbonyl (C=O) groups is 1. The molecule has 1 aliphatic rings. The number of morpholine rings is 1. The van der Waals surface area contributed by atoms with Crippen LogP contribution in [-0.2, 0) is 26.0 Å². The lowest BCUT2D eigenvalue weighted by molar-refractivity contribution is -0.121. The number of amides is 1. The second-order valence-corrected chi connectivity index (χ2v) is 8.43. The van der Waals surface area contributed by atoms with Gasteiger partial charge in [-0.3, -0.25) is 9.69 Å². The Bertz CT molecular complexity index is 646. The third-order valence-corrected chi connectivity index (χ3v) is 5.71. The second-order valence-electron chi connectivity index (χ2n) is 6.45. The molecule has 1 amide bonds. The van der Waals surface area contributed by atoms with E-state index < -0.39 is 10.0 Å². The van der Waals surface area contributed by atoms with Crippen LogP contribution in [0.2, 0.25) is 0 Å². The largest absolute Gasteiger partial charge is 0.379 e. The van der Waals surface area contributed by atoms with Crippen molar-refractivity contribution in [3.05, 3.63) is 35.9 Å². The van der Waals surface area contributed by atoms with E-state index in [1.54, 1.807) is 0 Å². The molecule has 1 aromatic carbocycles. The number of nitrogens with zero attached hydrogens (tertiary/aromatic N) is 2. The van der Waals surface area contributed by atoms with Crippen LogP contribution in [0.4, 0.5) is 0 Å². The number of nitrogens with one attached hydrogen (secondary N) is 1. The molecule has 146 valence electrons. The molecule has 0 saturated carbocycles. The number of rotatable bonds is 10. The molecule has 0 spiro atoms. The van der Waals surface area contributed by atoms with Gasteiger partial charge < -0.3 is 10.1 Å². The second kappa shape index (κ2) is 10.6. The molecule has 2 rings (SSSR count). The Morgan fingerprint density at radius 3 is 2.54 bits per heavy atom. The summed E-state index contributed by atoms with van der Waals surface area (Å²) in [5.41, 5.74) is 1.08. The highest BCUT2D eigenvalue weighted by Crippen LogP contribution is 2.05. The van der Waals surface area contributed by atoms with Gasteiger partial charge in [0.1, 0.15) is 0 Å². The summed E-state index contributed by atoms with van der Waals surface area (Å²) in [5, 5.41) is 2.87. The molecule has 8 heteroatoms. The lowest BCUT2D eigenvalue weighted by atomic mass is 10.1. The van der Waals surface area contributed by atoms with Gasteiger partial charge in [-0.2, -0.15) is 0 Å². The number of benzene rings is 1. The monoisotopic (exact) mass is 383 g/mol. The fraction of sp³-hybridized carbons (Fsp3) is 0.611. The van der Waals surface area contributed by atoms with E-state index in [1.165, 1.54) is 10.6 Å². The Morgan fingerprint density at radius 1 is 1.19 bits per heavy atom. The van der Waals surface area contributed by atoms with Crippen molar-refractivity contribution < 1.29 is 17.9 Å². The molecule has 1 aliphatic heterocycles. The molecule has 1 N–H and O–H groups in total. The van der Waals surface area contributed by atoms with Crippen molar-refractivity contribution in [2.24, 2.45) is 0 Å². The predicted molar refractivity (Wildman–Crippen MR) is 101 cm³/mol. The van der Waals surface area contributed by atoms with Crippen LogP contribution >= 0.6 is 0 Å². The van der Waals surface area contributed by atoms with Gasteiger partial charge in [-0.05, 0) is 12.0 Å². The van der Waals surface area contributed by atoms with Crippen LogP contribution in [0.5, 0.6) is 0 Å². The van der Waals surface area contributed by atoms with Gasteiger partial charge in [0, 0.05) is 45.7 Å². The van der Waals surface area contributed by atoms with Crippen LogP contribution in [0.25, 0.3) is 0 Å². The van der Waals surface area contributed by atoms with Gasteiger partial charge in [0.15, 0.2) is 0 Å². The molecule has 1 fully saturated rings. The lowest BCUT2D eigenvalue weighted by Gasteiger charge is -2.26. The number of ether oxygens (including phenoxy) is 1. The minimum absolute atomic E-state index is 0.119. The summed E-state index contributed by atoms with van der Waals surface area (Å²) in [5.74, 6) is -0.119. The fourth-order valence-corrected chi connectivity index (χ4v) is 3.68. The van der Waals surface area contributed by atoms with Crippen molar-refractivity contribution in [2.75, 3.05) is 58.7 Å². The Balaban J connectivity index is 1.71. The maximum atomic E-state index is 12.0. The van der Waals surface area contributed by atoms with Gasteiger partial charge in [-0.15, -0.1) is 0 Å². The molecule has 0 aromatic heterocycles. The van der Waals surface area contributed by atoms with Crippen molar-refractivity contribution in [3.63, 3.8) is 0 Å². The quantitative estimate of drug-likeness (QED) is 0.630. The van der Waals surface area contributed by atoms with E-state index in [0.717, 1.165) is 38.4 Å². The molecule has 7 nitrogen and oxygen atoms in total. The van der Waals surface area contributed by atoms with E-state index in [2.05, 4.69) is 10.2 Å². The molecular formula is C18H29N3O4S. The molecule has 1 aromatic rings. The van der Waals surface area contributed by atoms with Crippen molar-refractivity contribution in [2.45, 2.75) is 12.8 Å². The van der Waals surface area contributed by atoms with E-state index in [0.29, 0.717) is 19.5 Å². The van der Waals surface area contributed by atoms with Crippen LogP contribution in [-0.4, -0.2) is 82.3 Å². The molecule has 0 aliphatic carbocycles. The molecular weight excluding hydrogens is 354 g/mol. The van der Waals surface area contributed by atoms with Gasteiger partial charge in [-0.25, -0.2) is 12.7 Å². The van der Waals surface area contributed by atoms with E-state index in [9.17, 15) is 13.2 Å². The Kier molecular flexibility index (Phi) is 8.50. The molecule has 0 bridgehead atoms. The van der Waals surface area contributed by atoms with Crippen molar-refractivity contribution in [1.29, 1.82) is 0 Å². The normalized spacial score (nSPS) is 15.9. The Morgan fingerprint density at radius 2 is 1.88 bits per heavy atom. The van der Waals surface area contributed by atoms with Gasteiger partial charge in [-0.1, -0.05) is 30.3 Å². The Labute approximate surface area is 156 Å². The molecule has 0 atom stereocenters. The van der Waals surface area contributed by atoms with E-state index >= 15 is 0 Å². The number of sulfonamides is 1. The minimum atomic E-state index is -3.34. The minimum Gasteiger partial charge on any atom is -0.379 e. The smallest absolute Gasteiger partial charge is 0.221 e. The maximum absolute atomic E-state index is 12.0. The average Bonchev–Trinajstić information content (AvgIpc) is 2.62. The average molecular weight is 384 g/mol. The first-order valence-electron chi connectivity index (χ1n) is 9.01. The van der Waals surface area contributed by atoms with Gasteiger partial charge in [0.05, 0.1) is 19.5 Å². The predicted octanol–water partition coefficient (Wildman–Crippen LogP) is 0.329. The van der Waals surface area contributed by atoms with Crippen LogP contribution < -0.4 is 5.32 Å². The van der Waals surface area contributed by atoms with Crippen LogP contribution in [0, 0.1) is 0 Å². The van der Waals surface area contributed by atoms with E-state index in [4.69, 9.17) is 4.74 Å². The van der Waals surface area contributed by atoms with Gasteiger partial charge >= 0.3 is 0 Å². The van der Waals surface area contributed by atoms with Gasteiger partial charge in [0.25, 0.3) is 0 Å². The summed E-state index contributed by atoms with van der Waals surface area (Å²) < 4.78 is 30.6. The summed E-state index contributed by atoms with van der Waals surface area (Å²) >= 11 is 0. The molecule has 1 heterocycles. The summed E-state index contributed by atoms with van der Waals surface area (Å²) in [6.45, 7) is 5.19. The third-order valence-electron chi connectivity index (χ3n) is 4.40. The van der Waals surface area contributed by atoms with E-state index in [-0.39, 0.29) is 18.9 Å². The summed E-state index contributed by atoms with van der Waals surface area (Å²) in [6.07, 6.45) is 1.99. The van der Waals surface area contributed by atoms with Crippen molar-refractivity contribution >= 4 is 15.9 Å². The van der Waals surface area contributed by atoms with Crippen molar-refractivity contribution in [3.8, 4) is 0 Å². The van der Waals surface area contributed by atoms with Crippen LogP contribution in [0.15, 0.2) is 30.3 Å². The highest BCUT2D eigenvalue weighted by atomic mass is 32.2. The lowest BCUT2D eigenvalue weighted by Crippen LogP contribution is -2.42. The Hall–Kier alpha value is -1.48. The summed E-state index contributed by atoms with van der Waals surface area (Å²) in [7, 11) is -3.34. The first-order chi connectivity index (χ1) is 12.4. The standard InChI is InChI=1S/C18H29N3O4S/c1-26(23,24)21(10-7-17-5-3-2-4-6-17)11-8-18(22)19-9-12-20-13-15-25-16-14-20/h2-6H,7-16H2,1H3,(H,19,22). The number of hydrogen-bond donors (Lipinski definition) is 1.